The Kier molecular flexibility index (Phi) is 3.74. The minimum Gasteiger partial charge on any atom is -0.332 e. The van der Waals surface area contributed by atoms with Crippen LogP contribution in [0.15, 0.2) is 48.5 Å². The summed E-state index contributed by atoms with van der Waals surface area (Å²) < 4.78 is 13.8. The molecule has 0 saturated carbocycles. The van der Waals surface area contributed by atoms with Gasteiger partial charge in [0.2, 0.25) is 0 Å². The molecule has 1 saturated heterocycles. The minimum atomic E-state index is -0.447. The lowest BCUT2D eigenvalue weighted by molar-refractivity contribution is 0.0731. The molecule has 1 aliphatic rings. The lowest BCUT2D eigenvalue weighted by Gasteiger charge is -2.25. The van der Waals surface area contributed by atoms with Crippen LogP contribution in [-0.4, -0.2) is 17.4 Å². The number of aryl methyl sites for hydroxylation is 1. The largest absolute Gasteiger partial charge is 0.332 e. The second kappa shape index (κ2) is 5.68. The Morgan fingerprint density at radius 2 is 2.00 bits per heavy atom. The predicted octanol–water partition coefficient (Wildman–Crippen LogP) is 4.11. The maximum absolute atomic E-state index is 13.8. The summed E-state index contributed by atoms with van der Waals surface area (Å²) in [5, 5.41) is 0. The van der Waals surface area contributed by atoms with Crippen LogP contribution in [0, 0.1) is 12.7 Å². The Morgan fingerprint density at radius 3 is 2.76 bits per heavy atom. The molecule has 1 aliphatic heterocycles. The fraction of sp³-hybridized carbons (Fsp3) is 0.278. The molecule has 2 aromatic carbocycles. The average Bonchev–Trinajstić information content (AvgIpc) is 2.96. The quantitative estimate of drug-likeness (QED) is 0.812. The Balaban J connectivity index is 1.91. The van der Waals surface area contributed by atoms with Gasteiger partial charge in [-0.25, -0.2) is 4.39 Å². The van der Waals surface area contributed by atoms with Crippen LogP contribution in [0.2, 0.25) is 0 Å². The molecule has 3 rings (SSSR count). The first-order valence-electron chi connectivity index (χ1n) is 7.29. The fourth-order valence-corrected chi connectivity index (χ4v) is 3.02. The van der Waals surface area contributed by atoms with Gasteiger partial charge in [-0.3, -0.25) is 4.79 Å². The maximum Gasteiger partial charge on any atom is 0.257 e. The van der Waals surface area contributed by atoms with Gasteiger partial charge >= 0.3 is 0 Å². The molecule has 0 spiro atoms. The van der Waals surface area contributed by atoms with E-state index in [1.54, 1.807) is 23.1 Å². The van der Waals surface area contributed by atoms with Gasteiger partial charge in [0.05, 0.1) is 11.6 Å². The minimum absolute atomic E-state index is 0.0528. The van der Waals surface area contributed by atoms with Crippen molar-refractivity contribution in [3.8, 4) is 0 Å². The highest BCUT2D eigenvalue weighted by molar-refractivity contribution is 5.95. The molecular weight excluding hydrogens is 265 g/mol. The number of carbonyl (C=O) groups excluding carboxylic acids is 1. The molecule has 1 amide bonds. The number of hydrogen-bond acceptors (Lipinski definition) is 1. The van der Waals surface area contributed by atoms with Gasteiger partial charge in [0, 0.05) is 6.54 Å². The van der Waals surface area contributed by atoms with Crippen molar-refractivity contribution in [3.05, 3.63) is 71.0 Å². The van der Waals surface area contributed by atoms with Gasteiger partial charge in [-0.05, 0) is 37.5 Å². The first-order chi connectivity index (χ1) is 10.2. The van der Waals surface area contributed by atoms with Crippen molar-refractivity contribution >= 4 is 5.91 Å². The van der Waals surface area contributed by atoms with E-state index < -0.39 is 5.82 Å². The van der Waals surface area contributed by atoms with E-state index in [-0.39, 0.29) is 17.5 Å². The van der Waals surface area contributed by atoms with Gasteiger partial charge in [0.15, 0.2) is 0 Å². The van der Waals surface area contributed by atoms with Gasteiger partial charge in [-0.1, -0.05) is 42.0 Å². The smallest absolute Gasteiger partial charge is 0.257 e. The summed E-state index contributed by atoms with van der Waals surface area (Å²) in [4.78, 5) is 14.4. The van der Waals surface area contributed by atoms with Crippen LogP contribution in [0.1, 0.15) is 40.4 Å². The third kappa shape index (κ3) is 2.68. The van der Waals surface area contributed by atoms with Crippen LogP contribution in [0.4, 0.5) is 4.39 Å². The lowest BCUT2D eigenvalue weighted by Crippen LogP contribution is -2.31. The SMILES string of the molecule is Cc1cccc([C@H]2CCCN2C(=O)c2ccccc2F)c1. The molecule has 108 valence electrons. The third-order valence-electron chi connectivity index (χ3n) is 4.04. The Bertz CT molecular complexity index is 668. The molecule has 0 N–H and O–H groups in total. The monoisotopic (exact) mass is 283 g/mol. The van der Waals surface area contributed by atoms with Crippen molar-refractivity contribution in [2.45, 2.75) is 25.8 Å². The van der Waals surface area contributed by atoms with Gasteiger partial charge in [0.25, 0.3) is 5.91 Å². The van der Waals surface area contributed by atoms with Gasteiger partial charge in [-0.2, -0.15) is 0 Å². The molecule has 0 aliphatic carbocycles. The van der Waals surface area contributed by atoms with E-state index in [9.17, 15) is 9.18 Å². The predicted molar refractivity (Wildman–Crippen MR) is 80.6 cm³/mol. The molecule has 2 aromatic rings. The summed E-state index contributed by atoms with van der Waals surface area (Å²) in [6.45, 7) is 2.73. The van der Waals surface area contributed by atoms with E-state index in [0.717, 1.165) is 18.4 Å². The molecule has 0 aromatic heterocycles. The summed E-state index contributed by atoms with van der Waals surface area (Å²) in [5.41, 5.74) is 2.48. The van der Waals surface area contributed by atoms with E-state index in [0.29, 0.717) is 6.54 Å². The number of halogens is 1. The molecule has 2 nitrogen and oxygen atoms in total. The summed E-state index contributed by atoms with van der Waals surface area (Å²) in [6.07, 6.45) is 1.89. The van der Waals surface area contributed by atoms with E-state index in [2.05, 4.69) is 6.07 Å². The zero-order valence-corrected chi connectivity index (χ0v) is 12.1. The van der Waals surface area contributed by atoms with Gasteiger partial charge in [-0.15, -0.1) is 0 Å². The number of hydrogen-bond donors (Lipinski definition) is 0. The lowest BCUT2D eigenvalue weighted by atomic mass is 10.0. The van der Waals surface area contributed by atoms with Crippen LogP contribution >= 0.6 is 0 Å². The highest BCUT2D eigenvalue weighted by atomic mass is 19.1. The topological polar surface area (TPSA) is 20.3 Å². The molecule has 1 fully saturated rings. The molecule has 0 unspecified atom stereocenters. The molecule has 1 heterocycles. The molecule has 0 radical (unpaired) electrons. The summed E-state index contributed by atoms with van der Waals surface area (Å²) in [6, 6.07) is 14.5. The normalized spacial score (nSPS) is 18.0. The van der Waals surface area contributed by atoms with Gasteiger partial charge < -0.3 is 4.90 Å². The zero-order valence-electron chi connectivity index (χ0n) is 12.1. The van der Waals surface area contributed by atoms with Crippen LogP contribution < -0.4 is 0 Å². The highest BCUT2D eigenvalue weighted by Gasteiger charge is 2.31. The van der Waals surface area contributed by atoms with Crippen molar-refractivity contribution in [1.29, 1.82) is 0 Å². The van der Waals surface area contributed by atoms with Crippen molar-refractivity contribution in [1.82, 2.24) is 4.90 Å². The Labute approximate surface area is 124 Å². The number of likely N-dealkylation sites (tertiary alicyclic amines) is 1. The molecule has 1 atom stereocenters. The van der Waals surface area contributed by atoms with E-state index in [4.69, 9.17) is 0 Å². The third-order valence-corrected chi connectivity index (χ3v) is 4.04. The van der Waals surface area contributed by atoms with E-state index in [1.165, 1.54) is 11.6 Å². The Morgan fingerprint density at radius 1 is 1.19 bits per heavy atom. The Hall–Kier alpha value is -2.16. The number of amides is 1. The number of carbonyl (C=O) groups is 1. The maximum atomic E-state index is 13.8. The molecule has 0 bridgehead atoms. The molecular formula is C18H18FNO. The standard InChI is InChI=1S/C18H18FNO/c1-13-6-4-7-14(12-13)17-10-5-11-20(17)18(21)15-8-2-3-9-16(15)19/h2-4,6-9,12,17H,5,10-11H2,1H3/t17-/m1/s1. The van der Waals surface area contributed by atoms with Crippen molar-refractivity contribution in [2.24, 2.45) is 0 Å². The van der Waals surface area contributed by atoms with Crippen molar-refractivity contribution < 1.29 is 9.18 Å². The van der Waals surface area contributed by atoms with Crippen LogP contribution in [0.5, 0.6) is 0 Å². The van der Waals surface area contributed by atoms with Gasteiger partial charge in [0.1, 0.15) is 5.82 Å². The number of benzene rings is 2. The van der Waals surface area contributed by atoms with E-state index in [1.807, 2.05) is 25.1 Å². The second-order valence-electron chi connectivity index (χ2n) is 5.55. The first-order valence-corrected chi connectivity index (χ1v) is 7.29. The van der Waals surface area contributed by atoms with Crippen LogP contribution in [0.25, 0.3) is 0 Å². The highest BCUT2D eigenvalue weighted by Crippen LogP contribution is 2.33. The summed E-state index contributed by atoms with van der Waals surface area (Å²) in [7, 11) is 0. The van der Waals surface area contributed by atoms with E-state index >= 15 is 0 Å². The fourth-order valence-electron chi connectivity index (χ4n) is 3.02. The number of rotatable bonds is 2. The van der Waals surface area contributed by atoms with Crippen LogP contribution in [-0.2, 0) is 0 Å². The zero-order chi connectivity index (χ0) is 14.8. The average molecular weight is 283 g/mol. The molecule has 3 heteroatoms. The summed E-state index contributed by atoms with van der Waals surface area (Å²) >= 11 is 0. The van der Waals surface area contributed by atoms with Crippen molar-refractivity contribution in [3.63, 3.8) is 0 Å². The molecule has 21 heavy (non-hydrogen) atoms. The second-order valence-corrected chi connectivity index (χ2v) is 5.55. The van der Waals surface area contributed by atoms with Crippen molar-refractivity contribution in [2.75, 3.05) is 6.54 Å². The summed E-state index contributed by atoms with van der Waals surface area (Å²) in [5.74, 6) is -0.658. The number of nitrogens with zero attached hydrogens (tertiary/aromatic N) is 1. The first kappa shape index (κ1) is 13.8. The van der Waals surface area contributed by atoms with Crippen LogP contribution in [0.3, 0.4) is 0 Å².